The number of amides is 1. The average Bonchev–Trinajstić information content (AvgIpc) is 2.63. The van der Waals surface area contributed by atoms with Crippen molar-refractivity contribution < 1.29 is 23.8 Å². The summed E-state index contributed by atoms with van der Waals surface area (Å²) in [5.41, 5.74) is -1.28. The van der Waals surface area contributed by atoms with Crippen LogP contribution in [0.5, 0.6) is 0 Å². The largest absolute Gasteiger partial charge is 0.479 e. The fraction of sp³-hybridized carbons (Fsp3) is 0.263. The Bertz CT molecular complexity index is 799. The van der Waals surface area contributed by atoms with Gasteiger partial charge in [-0.3, -0.25) is 4.90 Å². The smallest absolute Gasteiger partial charge is 0.411 e. The summed E-state index contributed by atoms with van der Waals surface area (Å²) in [7, 11) is 0. The van der Waals surface area contributed by atoms with Gasteiger partial charge in [0.25, 0.3) is 0 Å². The first kappa shape index (κ1) is 19.9. The summed E-state index contributed by atoms with van der Waals surface area (Å²) in [6.07, 6.45) is -0.833. The van der Waals surface area contributed by atoms with Gasteiger partial charge in [0, 0.05) is 16.6 Å². The Kier molecular flexibility index (Phi) is 6.37. The molecule has 1 unspecified atom stereocenters. The average molecular weight is 424 g/mol. The zero-order chi connectivity index (χ0) is 19.3. The van der Waals surface area contributed by atoms with Crippen LogP contribution in [0.25, 0.3) is 0 Å². The zero-order valence-corrected chi connectivity index (χ0v) is 16.0. The van der Waals surface area contributed by atoms with Crippen molar-refractivity contribution in [3.05, 3.63) is 69.9 Å². The monoisotopic (exact) mass is 423 g/mol. The normalized spacial score (nSPS) is 12.9. The molecule has 0 bridgehead atoms. The summed E-state index contributed by atoms with van der Waals surface area (Å²) in [6, 6.07) is 13.0. The highest BCUT2D eigenvalue weighted by Crippen LogP contribution is 2.33. The third-order valence-corrected chi connectivity index (χ3v) is 4.64. The van der Waals surface area contributed by atoms with Crippen molar-refractivity contribution in [2.45, 2.75) is 26.0 Å². The molecule has 2 aromatic carbocycles. The van der Waals surface area contributed by atoms with Crippen LogP contribution < -0.4 is 0 Å². The van der Waals surface area contributed by atoms with Crippen molar-refractivity contribution in [3.63, 3.8) is 0 Å². The molecule has 0 saturated carbocycles. The number of carboxylic acid groups (broad SMARTS) is 1. The lowest BCUT2D eigenvalue weighted by Gasteiger charge is -2.37. The summed E-state index contributed by atoms with van der Waals surface area (Å²) in [4.78, 5) is 25.6. The van der Waals surface area contributed by atoms with Crippen LogP contribution in [0.1, 0.15) is 25.0 Å². The minimum Gasteiger partial charge on any atom is -0.479 e. The molecule has 138 valence electrons. The second kappa shape index (κ2) is 8.31. The Hall–Kier alpha value is -2.41. The lowest BCUT2D eigenvalue weighted by Crippen LogP contribution is -2.53. The SMILES string of the molecule is CCN(C(=O)OCc1ccccc1)C(C)(C(=O)O)c1cc(Br)ccc1F. The first-order chi connectivity index (χ1) is 12.3. The van der Waals surface area contributed by atoms with E-state index >= 15 is 0 Å². The molecule has 2 aromatic rings. The number of hydrogen-bond donors (Lipinski definition) is 1. The quantitative estimate of drug-likeness (QED) is 0.739. The Morgan fingerprint density at radius 2 is 1.88 bits per heavy atom. The molecule has 0 radical (unpaired) electrons. The molecule has 7 heteroatoms. The van der Waals surface area contributed by atoms with E-state index in [9.17, 15) is 19.1 Å². The summed E-state index contributed by atoms with van der Waals surface area (Å²) in [5.74, 6) is -2.07. The van der Waals surface area contributed by atoms with Crippen LogP contribution in [0.15, 0.2) is 53.0 Å². The van der Waals surface area contributed by atoms with Crippen LogP contribution in [0.2, 0.25) is 0 Å². The minimum absolute atomic E-state index is 0.00710. The number of carbonyl (C=O) groups is 2. The Morgan fingerprint density at radius 1 is 1.23 bits per heavy atom. The molecule has 2 rings (SSSR count). The lowest BCUT2D eigenvalue weighted by molar-refractivity contribution is -0.150. The number of rotatable bonds is 6. The molecule has 0 aromatic heterocycles. The number of benzene rings is 2. The van der Waals surface area contributed by atoms with Crippen molar-refractivity contribution >= 4 is 28.0 Å². The summed E-state index contributed by atoms with van der Waals surface area (Å²) in [5, 5.41) is 9.81. The molecule has 0 aliphatic rings. The molecule has 26 heavy (non-hydrogen) atoms. The predicted octanol–water partition coefficient (Wildman–Crippen LogP) is 4.55. The van der Waals surface area contributed by atoms with E-state index < -0.39 is 23.4 Å². The molecule has 1 amide bonds. The maximum absolute atomic E-state index is 14.4. The predicted molar refractivity (Wildman–Crippen MR) is 98.1 cm³/mol. The molecule has 0 aliphatic carbocycles. The van der Waals surface area contributed by atoms with E-state index in [0.717, 1.165) is 16.5 Å². The maximum atomic E-state index is 14.4. The fourth-order valence-electron chi connectivity index (χ4n) is 2.67. The van der Waals surface area contributed by atoms with Crippen LogP contribution in [-0.4, -0.2) is 28.6 Å². The van der Waals surface area contributed by atoms with Gasteiger partial charge in [-0.05, 0) is 37.6 Å². The molecule has 0 spiro atoms. The molecule has 5 nitrogen and oxygen atoms in total. The molecule has 0 fully saturated rings. The molecule has 1 N–H and O–H groups in total. The topological polar surface area (TPSA) is 66.8 Å². The van der Waals surface area contributed by atoms with Gasteiger partial charge in [-0.2, -0.15) is 0 Å². The van der Waals surface area contributed by atoms with E-state index in [1.807, 2.05) is 6.07 Å². The third kappa shape index (κ3) is 4.04. The van der Waals surface area contributed by atoms with Crippen LogP contribution in [-0.2, 0) is 21.7 Å². The second-order valence-electron chi connectivity index (χ2n) is 5.79. The zero-order valence-electron chi connectivity index (χ0n) is 14.4. The second-order valence-corrected chi connectivity index (χ2v) is 6.70. The van der Waals surface area contributed by atoms with Crippen molar-refractivity contribution in [1.29, 1.82) is 0 Å². The van der Waals surface area contributed by atoms with Crippen molar-refractivity contribution in [2.75, 3.05) is 6.54 Å². The van der Waals surface area contributed by atoms with Crippen LogP contribution >= 0.6 is 15.9 Å². The highest BCUT2D eigenvalue weighted by molar-refractivity contribution is 9.10. The van der Waals surface area contributed by atoms with Crippen molar-refractivity contribution in [1.82, 2.24) is 4.90 Å². The number of halogens is 2. The van der Waals surface area contributed by atoms with Gasteiger partial charge >= 0.3 is 12.1 Å². The van der Waals surface area contributed by atoms with Gasteiger partial charge in [0.15, 0.2) is 5.54 Å². The number of ether oxygens (including phenoxy) is 1. The van der Waals surface area contributed by atoms with Crippen LogP contribution in [0.3, 0.4) is 0 Å². The number of likely N-dealkylation sites (N-methyl/N-ethyl adjacent to an activating group) is 1. The van der Waals surface area contributed by atoms with Crippen molar-refractivity contribution in [2.24, 2.45) is 0 Å². The van der Waals surface area contributed by atoms with Gasteiger partial charge in [-0.25, -0.2) is 14.0 Å². The number of nitrogens with zero attached hydrogens (tertiary/aromatic N) is 1. The van der Waals surface area contributed by atoms with E-state index in [0.29, 0.717) is 4.47 Å². The molecule has 0 heterocycles. The van der Waals surface area contributed by atoms with Gasteiger partial charge in [-0.15, -0.1) is 0 Å². The summed E-state index contributed by atoms with van der Waals surface area (Å²) >= 11 is 3.21. The van der Waals surface area contributed by atoms with Crippen LogP contribution in [0.4, 0.5) is 9.18 Å². The Balaban J connectivity index is 2.34. The van der Waals surface area contributed by atoms with E-state index in [1.165, 1.54) is 19.1 Å². The molecule has 1 atom stereocenters. The standard InChI is InChI=1S/C19H19BrFNO4/c1-3-22(18(25)26-12-13-7-5-4-6-8-13)19(2,17(23)24)15-11-14(20)9-10-16(15)21/h4-11H,3,12H2,1-2H3,(H,23,24). The van der Waals surface area contributed by atoms with Gasteiger partial charge in [0.1, 0.15) is 12.4 Å². The number of carboxylic acids is 1. The number of carbonyl (C=O) groups excluding carboxylic acids is 1. The molecular formula is C19H19BrFNO4. The maximum Gasteiger partial charge on any atom is 0.411 e. The first-order valence-corrected chi connectivity index (χ1v) is 8.77. The van der Waals surface area contributed by atoms with Gasteiger partial charge in [-0.1, -0.05) is 46.3 Å². The van der Waals surface area contributed by atoms with Gasteiger partial charge in [0.2, 0.25) is 0 Å². The number of aliphatic carboxylic acids is 1. The number of hydrogen-bond acceptors (Lipinski definition) is 3. The van der Waals surface area contributed by atoms with E-state index in [4.69, 9.17) is 4.74 Å². The van der Waals surface area contributed by atoms with Gasteiger partial charge in [0.05, 0.1) is 0 Å². The summed E-state index contributed by atoms with van der Waals surface area (Å²) in [6.45, 7) is 2.92. The highest BCUT2D eigenvalue weighted by Gasteiger charge is 2.46. The highest BCUT2D eigenvalue weighted by atomic mass is 79.9. The van der Waals surface area contributed by atoms with Gasteiger partial charge < -0.3 is 9.84 Å². The Labute approximate surface area is 159 Å². The Morgan fingerprint density at radius 3 is 2.46 bits per heavy atom. The lowest BCUT2D eigenvalue weighted by atomic mass is 9.89. The van der Waals surface area contributed by atoms with E-state index in [1.54, 1.807) is 31.2 Å². The fourth-order valence-corrected chi connectivity index (χ4v) is 3.03. The third-order valence-electron chi connectivity index (χ3n) is 4.15. The molecule has 0 aliphatic heterocycles. The molecule has 0 saturated heterocycles. The van der Waals surface area contributed by atoms with Crippen LogP contribution in [0, 0.1) is 5.82 Å². The summed E-state index contributed by atoms with van der Waals surface area (Å²) < 4.78 is 20.1. The molecular weight excluding hydrogens is 405 g/mol. The first-order valence-electron chi connectivity index (χ1n) is 7.98. The van der Waals surface area contributed by atoms with Crippen molar-refractivity contribution in [3.8, 4) is 0 Å². The minimum atomic E-state index is -1.92. The van der Waals surface area contributed by atoms with E-state index in [-0.39, 0.29) is 18.7 Å². The van der Waals surface area contributed by atoms with E-state index in [2.05, 4.69) is 15.9 Å².